The average Bonchev–Trinajstić information content (AvgIpc) is 2.59. The van der Waals surface area contributed by atoms with Crippen LogP contribution < -0.4 is 10.6 Å². The summed E-state index contributed by atoms with van der Waals surface area (Å²) in [5.41, 5.74) is 2.60. The number of nitrogens with one attached hydrogen (secondary N) is 2. The lowest BCUT2D eigenvalue weighted by Crippen LogP contribution is -2.37. The average molecular weight is 454 g/mol. The van der Waals surface area contributed by atoms with Gasteiger partial charge in [-0.1, -0.05) is 37.1 Å². The fourth-order valence-corrected chi connectivity index (χ4v) is 3.09. The second-order valence-corrected chi connectivity index (χ2v) is 6.55. The molecule has 138 valence electrons. The molecule has 0 aliphatic carbocycles. The summed E-state index contributed by atoms with van der Waals surface area (Å²) >= 11 is 0. The van der Waals surface area contributed by atoms with Crippen molar-refractivity contribution in [1.29, 1.82) is 0 Å². The van der Waals surface area contributed by atoms with Crippen LogP contribution in [0.4, 0.5) is 0 Å². The number of piperidine rings is 1. The minimum Gasteiger partial charge on any atom is -0.357 e. The van der Waals surface area contributed by atoms with Crippen molar-refractivity contribution in [3.05, 3.63) is 35.4 Å². The molecule has 0 radical (unpaired) electrons. The molecule has 1 fully saturated rings. The van der Waals surface area contributed by atoms with Crippen LogP contribution in [0, 0.1) is 18.3 Å². The van der Waals surface area contributed by atoms with Crippen molar-refractivity contribution in [2.45, 2.75) is 39.8 Å². The van der Waals surface area contributed by atoms with E-state index < -0.39 is 0 Å². The zero-order chi connectivity index (χ0) is 17.2. The molecule has 0 spiro atoms. The van der Waals surface area contributed by atoms with E-state index in [0.29, 0.717) is 13.1 Å². The molecular weight excluding hydrogens is 423 g/mol. The molecule has 1 heterocycles. The second-order valence-electron chi connectivity index (χ2n) is 6.55. The summed E-state index contributed by atoms with van der Waals surface area (Å²) < 4.78 is 0. The number of aliphatic imine (C=N–C) groups is 1. The Hall–Kier alpha value is -1.26. The lowest BCUT2D eigenvalue weighted by Gasteiger charge is -2.30. The summed E-state index contributed by atoms with van der Waals surface area (Å²) in [4.78, 5) is 7.13. The van der Waals surface area contributed by atoms with Gasteiger partial charge in [0, 0.05) is 19.6 Å². The largest absolute Gasteiger partial charge is 0.357 e. The summed E-state index contributed by atoms with van der Waals surface area (Å²) in [6, 6.07) is 8.81. The van der Waals surface area contributed by atoms with Crippen molar-refractivity contribution in [3.8, 4) is 12.3 Å². The first-order chi connectivity index (χ1) is 11.7. The number of hydrogen-bond donors (Lipinski definition) is 2. The summed E-state index contributed by atoms with van der Waals surface area (Å²) in [7, 11) is 0. The molecule has 2 N–H and O–H groups in total. The van der Waals surface area contributed by atoms with Gasteiger partial charge >= 0.3 is 0 Å². The maximum absolute atomic E-state index is 5.28. The standard InChI is InChI=1S/C20H30N4.HI/c1-4-12-22-20(21-5-2)23-14-18-8-10-19(11-9-18)16-24-13-6-7-17(3)15-24;/h1,8-11,17H,5-7,12-16H2,2-3H3,(H2,21,22,23);1H. The number of guanidine groups is 1. The second kappa shape index (κ2) is 12.2. The van der Waals surface area contributed by atoms with E-state index in [-0.39, 0.29) is 24.0 Å². The van der Waals surface area contributed by atoms with Gasteiger partial charge in [0.25, 0.3) is 0 Å². The van der Waals surface area contributed by atoms with Crippen LogP contribution in [0.25, 0.3) is 0 Å². The third kappa shape index (κ3) is 8.10. The van der Waals surface area contributed by atoms with Gasteiger partial charge in [-0.25, -0.2) is 4.99 Å². The SMILES string of the molecule is C#CCNC(=NCc1ccc(CN2CCCC(C)C2)cc1)NCC.I. The number of likely N-dealkylation sites (tertiary alicyclic amines) is 1. The topological polar surface area (TPSA) is 39.7 Å². The Morgan fingerprint density at radius 2 is 2.00 bits per heavy atom. The summed E-state index contributed by atoms with van der Waals surface area (Å²) in [6.07, 6.45) is 7.98. The quantitative estimate of drug-likeness (QED) is 0.300. The highest BCUT2D eigenvalue weighted by Crippen LogP contribution is 2.18. The molecule has 1 aromatic rings. The Morgan fingerprint density at radius 3 is 2.64 bits per heavy atom. The zero-order valence-corrected chi connectivity index (χ0v) is 17.8. The van der Waals surface area contributed by atoms with E-state index in [1.54, 1.807) is 0 Å². The number of halogens is 1. The van der Waals surface area contributed by atoms with Crippen LogP contribution in [0.15, 0.2) is 29.3 Å². The van der Waals surface area contributed by atoms with Crippen LogP contribution in [-0.4, -0.2) is 37.0 Å². The van der Waals surface area contributed by atoms with Crippen LogP contribution in [0.5, 0.6) is 0 Å². The molecule has 1 unspecified atom stereocenters. The highest BCUT2D eigenvalue weighted by atomic mass is 127. The Balaban J connectivity index is 0.00000312. The van der Waals surface area contributed by atoms with Crippen molar-refractivity contribution >= 4 is 29.9 Å². The van der Waals surface area contributed by atoms with Gasteiger partial charge < -0.3 is 10.6 Å². The van der Waals surface area contributed by atoms with E-state index in [1.165, 1.54) is 37.1 Å². The molecule has 1 aromatic carbocycles. The molecule has 1 atom stereocenters. The van der Waals surface area contributed by atoms with E-state index in [9.17, 15) is 0 Å². The number of benzene rings is 1. The molecule has 0 bridgehead atoms. The molecule has 2 rings (SSSR count). The highest BCUT2D eigenvalue weighted by molar-refractivity contribution is 14.0. The lowest BCUT2D eigenvalue weighted by atomic mass is 9.99. The predicted octanol–water partition coefficient (Wildman–Crippen LogP) is 3.22. The van der Waals surface area contributed by atoms with Gasteiger partial charge in [-0.2, -0.15) is 0 Å². The van der Waals surface area contributed by atoms with E-state index in [1.807, 2.05) is 6.92 Å². The van der Waals surface area contributed by atoms with E-state index in [2.05, 4.69) is 57.6 Å². The maximum atomic E-state index is 5.28. The Kier molecular flexibility index (Phi) is 10.6. The molecule has 1 aliphatic heterocycles. The molecule has 0 amide bonds. The smallest absolute Gasteiger partial charge is 0.192 e. The Morgan fingerprint density at radius 1 is 1.28 bits per heavy atom. The Labute approximate surface area is 169 Å². The molecule has 1 aliphatic rings. The number of hydrogen-bond acceptors (Lipinski definition) is 2. The number of rotatable bonds is 6. The monoisotopic (exact) mass is 454 g/mol. The lowest BCUT2D eigenvalue weighted by molar-refractivity contribution is 0.176. The highest BCUT2D eigenvalue weighted by Gasteiger charge is 2.15. The number of terminal acetylenes is 1. The molecular formula is C20H31IN4. The Bertz CT molecular complexity index is 562. The van der Waals surface area contributed by atoms with Crippen LogP contribution >= 0.6 is 24.0 Å². The van der Waals surface area contributed by atoms with Crippen LogP contribution in [0.3, 0.4) is 0 Å². The van der Waals surface area contributed by atoms with Crippen molar-refractivity contribution < 1.29 is 0 Å². The first kappa shape index (κ1) is 21.8. The first-order valence-electron chi connectivity index (χ1n) is 8.97. The van der Waals surface area contributed by atoms with Crippen LogP contribution in [-0.2, 0) is 13.1 Å². The minimum absolute atomic E-state index is 0. The first-order valence-corrected chi connectivity index (χ1v) is 8.97. The summed E-state index contributed by atoms with van der Waals surface area (Å²) in [5, 5.41) is 6.30. The fourth-order valence-electron chi connectivity index (χ4n) is 3.09. The third-order valence-corrected chi connectivity index (χ3v) is 4.29. The van der Waals surface area contributed by atoms with E-state index in [0.717, 1.165) is 25.0 Å². The van der Waals surface area contributed by atoms with Gasteiger partial charge in [0.15, 0.2) is 5.96 Å². The molecule has 0 aromatic heterocycles. The number of nitrogens with zero attached hydrogens (tertiary/aromatic N) is 2. The van der Waals surface area contributed by atoms with Gasteiger partial charge in [-0.3, -0.25) is 4.90 Å². The van der Waals surface area contributed by atoms with Crippen molar-refractivity contribution in [3.63, 3.8) is 0 Å². The van der Waals surface area contributed by atoms with Gasteiger partial charge in [0.2, 0.25) is 0 Å². The van der Waals surface area contributed by atoms with E-state index >= 15 is 0 Å². The normalized spacial score (nSPS) is 18.1. The van der Waals surface area contributed by atoms with Crippen LogP contribution in [0.1, 0.15) is 37.8 Å². The van der Waals surface area contributed by atoms with Crippen molar-refractivity contribution in [1.82, 2.24) is 15.5 Å². The molecule has 5 heteroatoms. The fraction of sp³-hybridized carbons (Fsp3) is 0.550. The van der Waals surface area contributed by atoms with Crippen molar-refractivity contribution in [2.24, 2.45) is 10.9 Å². The molecule has 4 nitrogen and oxygen atoms in total. The summed E-state index contributed by atoms with van der Waals surface area (Å²) in [5.74, 6) is 4.16. The van der Waals surface area contributed by atoms with Gasteiger partial charge in [0.05, 0.1) is 13.1 Å². The van der Waals surface area contributed by atoms with Gasteiger partial charge in [0.1, 0.15) is 0 Å². The minimum atomic E-state index is 0. The predicted molar refractivity (Wildman–Crippen MR) is 117 cm³/mol. The van der Waals surface area contributed by atoms with Crippen LogP contribution in [0.2, 0.25) is 0 Å². The van der Waals surface area contributed by atoms with E-state index in [4.69, 9.17) is 6.42 Å². The molecule has 1 saturated heterocycles. The van der Waals surface area contributed by atoms with Gasteiger partial charge in [-0.15, -0.1) is 30.4 Å². The molecule has 25 heavy (non-hydrogen) atoms. The van der Waals surface area contributed by atoms with Gasteiger partial charge in [-0.05, 0) is 43.4 Å². The van der Waals surface area contributed by atoms with Crippen molar-refractivity contribution in [2.75, 3.05) is 26.2 Å². The third-order valence-electron chi connectivity index (χ3n) is 4.29. The maximum Gasteiger partial charge on any atom is 0.192 e. The summed E-state index contributed by atoms with van der Waals surface area (Å²) in [6.45, 7) is 9.86. The molecule has 0 saturated carbocycles. The zero-order valence-electron chi connectivity index (χ0n) is 15.4.